The molecule has 0 spiro atoms. The van der Waals surface area contributed by atoms with Crippen LogP contribution in [0.25, 0.3) is 22.2 Å². The highest BCUT2D eigenvalue weighted by Crippen LogP contribution is 2.39. The topological polar surface area (TPSA) is 87.5 Å². The quantitative estimate of drug-likeness (QED) is 0.448. The van der Waals surface area contributed by atoms with Crippen LogP contribution in [0.3, 0.4) is 0 Å². The highest BCUT2D eigenvalue weighted by Gasteiger charge is 2.33. The minimum atomic E-state index is -0.0800. The summed E-state index contributed by atoms with van der Waals surface area (Å²) in [6.45, 7) is 7.42. The summed E-state index contributed by atoms with van der Waals surface area (Å²) in [6.07, 6.45) is 3.83. The first-order chi connectivity index (χ1) is 18.1. The lowest BCUT2D eigenvalue weighted by Crippen LogP contribution is -2.57. The molecule has 1 saturated heterocycles. The van der Waals surface area contributed by atoms with E-state index >= 15 is 0 Å². The third-order valence-electron chi connectivity index (χ3n) is 7.86. The number of likely N-dealkylation sites (N-methyl/N-ethyl adjacent to an activating group) is 1. The molecule has 9 nitrogen and oxygen atoms in total. The van der Waals surface area contributed by atoms with Crippen LogP contribution in [-0.4, -0.2) is 64.2 Å². The molecule has 4 aromatic rings. The predicted octanol–water partition coefficient (Wildman–Crippen LogP) is 3.53. The molecule has 188 valence electrons. The molecule has 9 heteroatoms. The lowest BCUT2D eigenvalue weighted by Gasteiger charge is -2.45. The zero-order valence-corrected chi connectivity index (χ0v) is 21.0. The van der Waals surface area contributed by atoms with Gasteiger partial charge in [0.1, 0.15) is 23.8 Å². The molecular formula is C28H29N7O2. The summed E-state index contributed by atoms with van der Waals surface area (Å²) in [6, 6.07) is 12.5. The number of hydrogen-bond donors (Lipinski definition) is 2. The van der Waals surface area contributed by atoms with Gasteiger partial charge in [-0.05, 0) is 53.6 Å². The first-order valence-electron chi connectivity index (χ1n) is 12.8. The van der Waals surface area contributed by atoms with E-state index in [9.17, 15) is 4.79 Å². The first kappa shape index (κ1) is 22.1. The van der Waals surface area contributed by atoms with Crippen molar-refractivity contribution in [3.8, 4) is 17.0 Å². The number of nitrogens with one attached hydrogen (secondary N) is 2. The molecule has 3 aliphatic rings. The molecule has 0 radical (unpaired) electrons. The molecule has 3 aromatic heterocycles. The normalized spacial score (nSPS) is 18.7. The van der Waals surface area contributed by atoms with Crippen molar-refractivity contribution >= 4 is 34.1 Å². The largest absolute Gasteiger partial charge is 0.474 e. The second kappa shape index (κ2) is 8.48. The number of benzene rings is 1. The van der Waals surface area contributed by atoms with Crippen LogP contribution in [0.15, 0.2) is 48.8 Å². The molecular weight excluding hydrogens is 466 g/mol. The van der Waals surface area contributed by atoms with Gasteiger partial charge in [-0.1, -0.05) is 13.0 Å². The Hall–Kier alpha value is -4.11. The summed E-state index contributed by atoms with van der Waals surface area (Å²) < 4.78 is 8.10. The van der Waals surface area contributed by atoms with Crippen molar-refractivity contribution < 1.29 is 9.53 Å². The van der Waals surface area contributed by atoms with Crippen molar-refractivity contribution in [1.82, 2.24) is 24.8 Å². The Morgan fingerprint density at radius 2 is 2.05 bits per heavy atom. The number of carbonyl (C=O) groups is 1. The molecule has 1 aromatic carbocycles. The SMILES string of the molecule is CCN1CCN2c3ccc(Nc4ccc(-c5ccnc6c5ccn6C)c5c4C(=O)NC5)nc3OC[C@H]2C1. The molecule has 3 aliphatic heterocycles. The summed E-state index contributed by atoms with van der Waals surface area (Å²) in [5, 5.41) is 7.47. The second-order valence-electron chi connectivity index (χ2n) is 9.92. The third-order valence-corrected chi connectivity index (χ3v) is 7.86. The maximum atomic E-state index is 12.9. The number of aromatic nitrogens is 3. The lowest BCUT2D eigenvalue weighted by molar-refractivity contribution is 0.0966. The van der Waals surface area contributed by atoms with Crippen molar-refractivity contribution in [3.05, 3.63) is 59.9 Å². The van der Waals surface area contributed by atoms with Gasteiger partial charge in [0.15, 0.2) is 0 Å². The standard InChI is InChI=1S/C28H29N7O2/c1-3-34-12-13-35-17(15-34)16-37-28-23(35)6-7-24(32-28)31-22-5-4-18(21-14-30-27(36)25(21)22)19-8-10-29-26-20(19)9-11-33(26)2/h4-11,17H,3,12-16H2,1-2H3,(H,30,36)(H,31,32)/t17-/m1/s1. The molecule has 1 amide bonds. The molecule has 0 bridgehead atoms. The van der Waals surface area contributed by atoms with E-state index in [2.05, 4.69) is 50.5 Å². The van der Waals surface area contributed by atoms with Gasteiger partial charge in [0, 0.05) is 51.0 Å². The van der Waals surface area contributed by atoms with E-state index in [0.29, 0.717) is 36.5 Å². The van der Waals surface area contributed by atoms with Crippen LogP contribution in [0.5, 0.6) is 5.88 Å². The molecule has 0 saturated carbocycles. The maximum absolute atomic E-state index is 12.9. The van der Waals surface area contributed by atoms with E-state index in [1.54, 1.807) is 0 Å². The molecule has 0 unspecified atom stereocenters. The number of fused-ring (bicyclic) bond motifs is 5. The smallest absolute Gasteiger partial charge is 0.254 e. The lowest BCUT2D eigenvalue weighted by atomic mass is 9.94. The monoisotopic (exact) mass is 495 g/mol. The van der Waals surface area contributed by atoms with Crippen LogP contribution >= 0.6 is 0 Å². The van der Waals surface area contributed by atoms with Gasteiger partial charge < -0.3 is 24.8 Å². The number of piperazine rings is 1. The van der Waals surface area contributed by atoms with Crippen molar-refractivity contribution in [1.29, 1.82) is 0 Å². The first-order valence-corrected chi connectivity index (χ1v) is 12.8. The van der Waals surface area contributed by atoms with Crippen molar-refractivity contribution in [3.63, 3.8) is 0 Å². The van der Waals surface area contributed by atoms with Gasteiger partial charge >= 0.3 is 0 Å². The number of carbonyl (C=O) groups excluding carboxylic acids is 1. The number of anilines is 3. The Bertz CT molecular complexity index is 1550. The van der Waals surface area contributed by atoms with Crippen molar-refractivity contribution in [2.24, 2.45) is 7.05 Å². The van der Waals surface area contributed by atoms with Crippen LogP contribution < -0.4 is 20.3 Å². The zero-order valence-electron chi connectivity index (χ0n) is 21.0. The average molecular weight is 496 g/mol. The zero-order chi connectivity index (χ0) is 25.1. The van der Waals surface area contributed by atoms with Crippen LogP contribution in [-0.2, 0) is 13.6 Å². The molecule has 1 atom stereocenters. The van der Waals surface area contributed by atoms with Crippen LogP contribution in [0, 0.1) is 0 Å². The molecule has 6 heterocycles. The van der Waals surface area contributed by atoms with Gasteiger partial charge in [0.2, 0.25) is 5.88 Å². The highest BCUT2D eigenvalue weighted by atomic mass is 16.5. The maximum Gasteiger partial charge on any atom is 0.254 e. The number of ether oxygens (including phenoxy) is 1. The van der Waals surface area contributed by atoms with Gasteiger partial charge in [-0.25, -0.2) is 4.98 Å². The average Bonchev–Trinajstić information content (AvgIpc) is 3.51. The Morgan fingerprint density at radius 3 is 2.95 bits per heavy atom. The number of pyridine rings is 2. The van der Waals surface area contributed by atoms with E-state index in [4.69, 9.17) is 9.72 Å². The number of rotatable bonds is 4. The summed E-state index contributed by atoms with van der Waals surface area (Å²) >= 11 is 0. The Labute approximate surface area is 215 Å². The van der Waals surface area contributed by atoms with E-state index in [-0.39, 0.29) is 5.91 Å². The van der Waals surface area contributed by atoms with Crippen LogP contribution in [0.2, 0.25) is 0 Å². The van der Waals surface area contributed by atoms with Crippen molar-refractivity contribution in [2.75, 3.05) is 43.0 Å². The predicted molar refractivity (Wildman–Crippen MR) is 144 cm³/mol. The molecule has 1 fully saturated rings. The summed E-state index contributed by atoms with van der Waals surface area (Å²) in [5.74, 6) is 1.23. The Balaban J connectivity index is 1.22. The number of aryl methyl sites for hydroxylation is 1. The van der Waals surface area contributed by atoms with Gasteiger partial charge in [-0.3, -0.25) is 9.69 Å². The van der Waals surface area contributed by atoms with Gasteiger partial charge in [-0.2, -0.15) is 4.98 Å². The fourth-order valence-corrected chi connectivity index (χ4v) is 5.91. The van der Waals surface area contributed by atoms with Crippen LogP contribution in [0.4, 0.5) is 17.2 Å². The van der Waals surface area contributed by atoms with E-state index in [1.807, 2.05) is 42.2 Å². The second-order valence-corrected chi connectivity index (χ2v) is 9.92. The molecule has 37 heavy (non-hydrogen) atoms. The van der Waals surface area contributed by atoms with Gasteiger partial charge in [0.25, 0.3) is 5.91 Å². The molecule has 0 aliphatic carbocycles. The highest BCUT2D eigenvalue weighted by molar-refractivity contribution is 6.07. The van der Waals surface area contributed by atoms with Gasteiger partial charge in [-0.15, -0.1) is 0 Å². The number of hydrogen-bond acceptors (Lipinski definition) is 7. The molecule has 2 N–H and O–H groups in total. The van der Waals surface area contributed by atoms with Gasteiger partial charge in [0.05, 0.1) is 17.3 Å². The minimum absolute atomic E-state index is 0.0800. The fraction of sp³-hybridized carbons (Fsp3) is 0.321. The summed E-state index contributed by atoms with van der Waals surface area (Å²) in [7, 11) is 1.99. The third kappa shape index (κ3) is 3.53. The Morgan fingerprint density at radius 1 is 1.14 bits per heavy atom. The number of nitrogens with zero attached hydrogens (tertiary/aromatic N) is 5. The van der Waals surface area contributed by atoms with Crippen molar-refractivity contribution in [2.45, 2.75) is 19.5 Å². The number of amides is 1. The van der Waals surface area contributed by atoms with E-state index in [1.165, 1.54) is 0 Å². The summed E-state index contributed by atoms with van der Waals surface area (Å²) in [5.41, 5.74) is 6.46. The Kier molecular flexibility index (Phi) is 5.07. The van der Waals surface area contributed by atoms with E-state index < -0.39 is 0 Å². The van der Waals surface area contributed by atoms with E-state index in [0.717, 1.165) is 65.3 Å². The fourth-order valence-electron chi connectivity index (χ4n) is 5.91. The molecule has 7 rings (SSSR count). The summed E-state index contributed by atoms with van der Waals surface area (Å²) in [4.78, 5) is 27.1. The minimum Gasteiger partial charge on any atom is -0.474 e. The van der Waals surface area contributed by atoms with Crippen LogP contribution in [0.1, 0.15) is 22.8 Å².